The Balaban J connectivity index is 2.35. The molecule has 0 atom stereocenters. The van der Waals surface area contributed by atoms with Crippen LogP contribution in [0.5, 0.6) is 0 Å². The largest absolute Gasteiger partial charge is 0.462 e. The molecule has 2 aromatic carbocycles. The highest BCUT2D eigenvalue weighted by Gasteiger charge is 2.15. The van der Waals surface area contributed by atoms with Gasteiger partial charge < -0.3 is 10.1 Å². The van der Waals surface area contributed by atoms with Crippen LogP contribution >= 0.6 is 11.6 Å². The van der Waals surface area contributed by atoms with Gasteiger partial charge in [0.05, 0.1) is 6.61 Å². The SMILES string of the molecule is CCOC(=O)/C(C#N)=C/Nc1ccc(Cl)cc1C(=O)c1ccccc1. The molecule has 0 saturated carbocycles. The van der Waals surface area contributed by atoms with Crippen LogP contribution in [0.15, 0.2) is 60.3 Å². The van der Waals surface area contributed by atoms with E-state index in [1.165, 1.54) is 12.3 Å². The number of ether oxygens (including phenoxy) is 1. The first-order chi connectivity index (χ1) is 12.1. The first-order valence-electron chi connectivity index (χ1n) is 7.50. The van der Waals surface area contributed by atoms with Crippen LogP contribution in [-0.2, 0) is 9.53 Å². The highest BCUT2D eigenvalue weighted by Crippen LogP contribution is 2.24. The maximum atomic E-state index is 12.7. The Morgan fingerprint density at radius 2 is 1.96 bits per heavy atom. The molecular weight excluding hydrogens is 340 g/mol. The zero-order valence-electron chi connectivity index (χ0n) is 13.5. The molecule has 0 aliphatic heterocycles. The average molecular weight is 355 g/mol. The molecule has 0 saturated heterocycles. The van der Waals surface area contributed by atoms with E-state index in [4.69, 9.17) is 21.6 Å². The van der Waals surface area contributed by atoms with Crippen LogP contribution in [0.3, 0.4) is 0 Å². The maximum absolute atomic E-state index is 12.7. The van der Waals surface area contributed by atoms with Gasteiger partial charge in [-0.15, -0.1) is 0 Å². The predicted molar refractivity (Wildman–Crippen MR) is 95.3 cm³/mol. The molecular formula is C19H15ClN2O3. The Hall–Kier alpha value is -3.10. The van der Waals surface area contributed by atoms with Crippen molar-refractivity contribution < 1.29 is 14.3 Å². The van der Waals surface area contributed by atoms with Crippen LogP contribution in [0, 0.1) is 11.3 Å². The van der Waals surface area contributed by atoms with Gasteiger partial charge in [0.25, 0.3) is 0 Å². The molecule has 0 fully saturated rings. The molecule has 2 aromatic rings. The molecule has 0 aliphatic rings. The lowest BCUT2D eigenvalue weighted by Gasteiger charge is -2.10. The number of nitrogens with zero attached hydrogens (tertiary/aromatic N) is 1. The minimum absolute atomic E-state index is 0.163. The summed E-state index contributed by atoms with van der Waals surface area (Å²) in [5.74, 6) is -0.962. The number of rotatable bonds is 6. The second-order valence-electron chi connectivity index (χ2n) is 4.92. The van der Waals surface area contributed by atoms with Gasteiger partial charge in [0.15, 0.2) is 11.4 Å². The van der Waals surface area contributed by atoms with Gasteiger partial charge in [-0.05, 0) is 25.1 Å². The third-order valence-corrected chi connectivity index (χ3v) is 3.49. The standard InChI is InChI=1S/C19H15ClN2O3/c1-2-25-19(24)14(11-21)12-22-17-9-8-15(20)10-16(17)18(23)13-6-4-3-5-7-13/h3-10,12,22H,2H2,1H3/b14-12+. The third kappa shape index (κ3) is 4.69. The fourth-order valence-electron chi connectivity index (χ4n) is 2.07. The number of halogens is 1. The summed E-state index contributed by atoms with van der Waals surface area (Å²) in [6.45, 7) is 1.81. The molecule has 0 bridgehead atoms. The third-order valence-electron chi connectivity index (χ3n) is 3.25. The molecule has 0 heterocycles. The van der Waals surface area contributed by atoms with E-state index in [-0.39, 0.29) is 18.0 Å². The van der Waals surface area contributed by atoms with E-state index >= 15 is 0 Å². The molecule has 5 nitrogen and oxygen atoms in total. The Labute approximate surface area is 150 Å². The average Bonchev–Trinajstić information content (AvgIpc) is 2.63. The van der Waals surface area contributed by atoms with E-state index in [0.717, 1.165) is 0 Å². The summed E-state index contributed by atoms with van der Waals surface area (Å²) in [6.07, 6.45) is 1.21. The molecule has 25 heavy (non-hydrogen) atoms. The Kier molecular flexibility index (Phi) is 6.33. The van der Waals surface area contributed by atoms with Gasteiger partial charge in [-0.3, -0.25) is 4.79 Å². The fraction of sp³-hybridized carbons (Fsp3) is 0.105. The van der Waals surface area contributed by atoms with Crippen molar-refractivity contribution in [2.75, 3.05) is 11.9 Å². The minimum atomic E-state index is -0.734. The lowest BCUT2D eigenvalue weighted by Crippen LogP contribution is -2.09. The summed E-state index contributed by atoms with van der Waals surface area (Å²) >= 11 is 6.01. The number of esters is 1. The van der Waals surface area contributed by atoms with Crippen LogP contribution in [0.4, 0.5) is 5.69 Å². The number of anilines is 1. The molecule has 6 heteroatoms. The van der Waals surface area contributed by atoms with Crippen molar-refractivity contribution in [3.05, 3.63) is 76.5 Å². The molecule has 0 amide bonds. The number of carbonyl (C=O) groups excluding carboxylic acids is 2. The molecule has 0 aromatic heterocycles. The van der Waals surface area contributed by atoms with Crippen molar-refractivity contribution in [1.82, 2.24) is 0 Å². The fourth-order valence-corrected chi connectivity index (χ4v) is 2.24. The second-order valence-corrected chi connectivity index (χ2v) is 5.36. The van der Waals surface area contributed by atoms with E-state index in [1.807, 2.05) is 6.07 Å². The van der Waals surface area contributed by atoms with E-state index in [0.29, 0.717) is 21.8 Å². The van der Waals surface area contributed by atoms with Crippen molar-refractivity contribution in [2.45, 2.75) is 6.92 Å². The van der Waals surface area contributed by atoms with E-state index in [9.17, 15) is 9.59 Å². The topological polar surface area (TPSA) is 79.2 Å². The maximum Gasteiger partial charge on any atom is 0.350 e. The molecule has 0 aliphatic carbocycles. The number of hydrogen-bond donors (Lipinski definition) is 1. The summed E-state index contributed by atoms with van der Waals surface area (Å²) in [4.78, 5) is 24.3. The Morgan fingerprint density at radius 1 is 1.24 bits per heavy atom. The number of hydrogen-bond acceptors (Lipinski definition) is 5. The highest BCUT2D eigenvalue weighted by molar-refractivity contribution is 6.31. The van der Waals surface area contributed by atoms with Gasteiger partial charge in [-0.25, -0.2) is 4.79 Å². The number of carbonyl (C=O) groups is 2. The molecule has 0 unspecified atom stereocenters. The van der Waals surface area contributed by atoms with E-state index in [1.54, 1.807) is 49.4 Å². The zero-order chi connectivity index (χ0) is 18.2. The van der Waals surface area contributed by atoms with Crippen molar-refractivity contribution >= 4 is 29.0 Å². The van der Waals surface area contributed by atoms with E-state index < -0.39 is 5.97 Å². The zero-order valence-corrected chi connectivity index (χ0v) is 14.2. The summed E-state index contributed by atoms with van der Waals surface area (Å²) in [6, 6.07) is 15.2. The number of benzene rings is 2. The van der Waals surface area contributed by atoms with Gasteiger partial charge in [0.2, 0.25) is 0 Å². The predicted octanol–water partition coefficient (Wildman–Crippen LogP) is 3.95. The second kappa shape index (κ2) is 8.67. The van der Waals surface area contributed by atoms with Gasteiger partial charge in [0.1, 0.15) is 6.07 Å². The normalized spacial score (nSPS) is 10.7. The molecule has 126 valence electrons. The summed E-state index contributed by atoms with van der Waals surface area (Å²) in [5.41, 5.74) is 1.06. The van der Waals surface area contributed by atoms with Crippen LogP contribution in [0.25, 0.3) is 0 Å². The van der Waals surface area contributed by atoms with Crippen LogP contribution < -0.4 is 5.32 Å². The van der Waals surface area contributed by atoms with Crippen molar-refractivity contribution in [3.63, 3.8) is 0 Å². The van der Waals surface area contributed by atoms with Gasteiger partial charge >= 0.3 is 5.97 Å². The van der Waals surface area contributed by atoms with Crippen molar-refractivity contribution in [1.29, 1.82) is 5.26 Å². The Morgan fingerprint density at radius 3 is 2.60 bits per heavy atom. The highest BCUT2D eigenvalue weighted by atomic mass is 35.5. The molecule has 0 spiro atoms. The number of ketones is 1. The van der Waals surface area contributed by atoms with Crippen molar-refractivity contribution in [2.24, 2.45) is 0 Å². The van der Waals surface area contributed by atoms with Gasteiger partial charge in [0, 0.05) is 28.0 Å². The van der Waals surface area contributed by atoms with Crippen molar-refractivity contribution in [3.8, 4) is 6.07 Å². The smallest absolute Gasteiger partial charge is 0.350 e. The van der Waals surface area contributed by atoms with Crippen LogP contribution in [0.1, 0.15) is 22.8 Å². The minimum Gasteiger partial charge on any atom is -0.462 e. The number of nitrogens with one attached hydrogen (secondary N) is 1. The monoisotopic (exact) mass is 354 g/mol. The molecule has 0 radical (unpaired) electrons. The van der Waals surface area contributed by atoms with Gasteiger partial charge in [-0.2, -0.15) is 5.26 Å². The van der Waals surface area contributed by atoms with E-state index in [2.05, 4.69) is 5.32 Å². The first kappa shape index (κ1) is 18.2. The van der Waals surface area contributed by atoms with Gasteiger partial charge in [-0.1, -0.05) is 41.9 Å². The Bertz CT molecular complexity index is 855. The first-order valence-corrected chi connectivity index (χ1v) is 7.87. The quantitative estimate of drug-likeness (QED) is 0.367. The van der Waals surface area contributed by atoms with Crippen LogP contribution in [0.2, 0.25) is 5.02 Å². The summed E-state index contributed by atoms with van der Waals surface area (Å²) < 4.78 is 4.79. The number of nitriles is 1. The lowest BCUT2D eigenvalue weighted by atomic mass is 10.0. The van der Waals surface area contributed by atoms with Crippen LogP contribution in [-0.4, -0.2) is 18.4 Å². The summed E-state index contributed by atoms with van der Waals surface area (Å²) in [5, 5.41) is 12.3. The lowest BCUT2D eigenvalue weighted by molar-refractivity contribution is -0.138. The molecule has 1 N–H and O–H groups in total. The summed E-state index contributed by atoms with van der Waals surface area (Å²) in [7, 11) is 0. The molecule has 2 rings (SSSR count).